The van der Waals surface area contributed by atoms with Crippen LogP contribution in [-0.4, -0.2) is 24.7 Å². The van der Waals surface area contributed by atoms with Crippen LogP contribution in [0.15, 0.2) is 27.6 Å². The van der Waals surface area contributed by atoms with Crippen molar-refractivity contribution in [3.8, 4) is 0 Å². The van der Waals surface area contributed by atoms with Crippen LogP contribution < -0.4 is 0 Å². The molecule has 0 unspecified atom stereocenters. The van der Waals surface area contributed by atoms with Crippen molar-refractivity contribution in [3.63, 3.8) is 0 Å². The Morgan fingerprint density at radius 1 is 1.22 bits per heavy atom. The van der Waals surface area contributed by atoms with E-state index in [9.17, 15) is 13.2 Å². The second kappa shape index (κ2) is 4.06. The van der Waals surface area contributed by atoms with Gasteiger partial charge in [-0.15, -0.1) is 0 Å². The van der Waals surface area contributed by atoms with Gasteiger partial charge in [0.1, 0.15) is 4.90 Å². The zero-order valence-electron chi connectivity index (χ0n) is 9.60. The Balaban J connectivity index is 2.14. The molecule has 1 aliphatic heterocycles. The Bertz CT molecular complexity index is 620. The van der Waals surface area contributed by atoms with Gasteiger partial charge in [-0.2, -0.15) is 0 Å². The van der Waals surface area contributed by atoms with Crippen LogP contribution in [0.1, 0.15) is 36.0 Å². The molecule has 0 atom stereocenters. The van der Waals surface area contributed by atoms with E-state index in [1.807, 2.05) is 0 Å². The third-order valence-corrected chi connectivity index (χ3v) is 5.94. The van der Waals surface area contributed by atoms with Crippen LogP contribution in [0.25, 0.3) is 0 Å². The lowest BCUT2D eigenvalue weighted by atomic mass is 10.2. The van der Waals surface area contributed by atoms with Gasteiger partial charge in [-0.25, -0.2) is 12.7 Å². The summed E-state index contributed by atoms with van der Waals surface area (Å²) >= 11 is 3.25. The van der Waals surface area contributed by atoms with Gasteiger partial charge >= 0.3 is 0 Å². The van der Waals surface area contributed by atoms with E-state index in [4.69, 9.17) is 0 Å². The fourth-order valence-electron chi connectivity index (χ4n) is 2.72. The second-order valence-electron chi connectivity index (χ2n) is 4.68. The van der Waals surface area contributed by atoms with Crippen LogP contribution >= 0.6 is 15.9 Å². The molecule has 3 rings (SSSR count). The molecule has 0 saturated heterocycles. The minimum atomic E-state index is -3.65. The molecule has 0 spiro atoms. The number of fused-ring (bicyclic) bond motifs is 1. The summed E-state index contributed by atoms with van der Waals surface area (Å²) in [5.74, 6) is -0.371. The fraction of sp³-hybridized carbons (Fsp3) is 0.417. The molecule has 1 heterocycles. The highest BCUT2D eigenvalue weighted by atomic mass is 79.9. The second-order valence-corrected chi connectivity index (χ2v) is 7.38. The molecule has 0 bridgehead atoms. The number of hydrogen-bond acceptors (Lipinski definition) is 3. The van der Waals surface area contributed by atoms with Crippen molar-refractivity contribution >= 4 is 31.9 Å². The van der Waals surface area contributed by atoms with E-state index in [0.717, 1.165) is 30.0 Å². The summed E-state index contributed by atoms with van der Waals surface area (Å²) in [7, 11) is -3.65. The van der Waals surface area contributed by atoms with Crippen molar-refractivity contribution in [1.29, 1.82) is 0 Å². The number of sulfonamides is 1. The quantitative estimate of drug-likeness (QED) is 0.795. The Kier molecular flexibility index (Phi) is 2.75. The van der Waals surface area contributed by atoms with Gasteiger partial charge in [-0.1, -0.05) is 28.8 Å². The Morgan fingerprint density at radius 3 is 2.56 bits per heavy atom. The number of carbonyl (C=O) groups excluding carboxylic acids is 1. The molecule has 2 aliphatic rings. The molecule has 18 heavy (non-hydrogen) atoms. The van der Waals surface area contributed by atoms with Gasteiger partial charge in [0.05, 0.1) is 5.56 Å². The summed E-state index contributed by atoms with van der Waals surface area (Å²) in [4.78, 5) is 12.4. The molecule has 1 aliphatic carbocycles. The summed E-state index contributed by atoms with van der Waals surface area (Å²) in [5, 5.41) is 0. The minimum absolute atomic E-state index is 0.133. The average Bonchev–Trinajstić information content (AvgIpc) is 2.87. The standard InChI is InChI=1S/C12H12BrNO3S/c13-8-5-6-10-11(7-8)18(16,17)14(12(10)15)9-3-1-2-4-9/h5-7,9H,1-4H2. The molecule has 4 nitrogen and oxygen atoms in total. The molecule has 1 amide bonds. The van der Waals surface area contributed by atoms with Crippen molar-refractivity contribution in [2.75, 3.05) is 0 Å². The smallest absolute Gasteiger partial charge is 0.268 e. The highest BCUT2D eigenvalue weighted by Crippen LogP contribution is 2.37. The highest BCUT2D eigenvalue weighted by molar-refractivity contribution is 9.10. The molecule has 0 radical (unpaired) electrons. The fourth-order valence-corrected chi connectivity index (χ4v) is 5.07. The molecule has 0 aromatic heterocycles. The molecule has 1 saturated carbocycles. The summed E-state index contributed by atoms with van der Waals surface area (Å²) in [6, 6.07) is 4.63. The van der Waals surface area contributed by atoms with Gasteiger partial charge in [-0.3, -0.25) is 4.79 Å². The maximum atomic E-state index is 12.4. The van der Waals surface area contributed by atoms with E-state index in [0.29, 0.717) is 10.0 Å². The number of hydrogen-bond donors (Lipinski definition) is 0. The lowest BCUT2D eigenvalue weighted by Crippen LogP contribution is -2.38. The number of nitrogens with zero attached hydrogens (tertiary/aromatic N) is 1. The van der Waals surface area contributed by atoms with Crippen molar-refractivity contribution in [1.82, 2.24) is 4.31 Å². The Labute approximate surface area is 114 Å². The summed E-state index contributed by atoms with van der Waals surface area (Å²) in [6.45, 7) is 0. The minimum Gasteiger partial charge on any atom is -0.268 e. The maximum absolute atomic E-state index is 12.4. The third kappa shape index (κ3) is 1.62. The van der Waals surface area contributed by atoms with E-state index in [1.54, 1.807) is 12.1 Å². The van der Waals surface area contributed by atoms with Crippen LogP contribution in [-0.2, 0) is 10.0 Å². The van der Waals surface area contributed by atoms with Crippen molar-refractivity contribution in [2.24, 2.45) is 0 Å². The molecular formula is C12H12BrNO3S. The first kappa shape index (κ1) is 12.2. The van der Waals surface area contributed by atoms with E-state index < -0.39 is 10.0 Å². The van der Waals surface area contributed by atoms with Crippen molar-refractivity contribution < 1.29 is 13.2 Å². The van der Waals surface area contributed by atoms with E-state index >= 15 is 0 Å². The first-order valence-corrected chi connectivity index (χ1v) is 8.13. The lowest BCUT2D eigenvalue weighted by Gasteiger charge is -2.22. The van der Waals surface area contributed by atoms with Crippen LogP contribution in [0.3, 0.4) is 0 Å². The largest absolute Gasteiger partial charge is 0.269 e. The molecule has 0 N–H and O–H groups in total. The van der Waals surface area contributed by atoms with Gasteiger partial charge in [0.15, 0.2) is 0 Å². The van der Waals surface area contributed by atoms with Crippen LogP contribution in [0.5, 0.6) is 0 Å². The Morgan fingerprint density at radius 2 is 1.89 bits per heavy atom. The number of benzene rings is 1. The van der Waals surface area contributed by atoms with Gasteiger partial charge in [0, 0.05) is 10.5 Å². The average molecular weight is 330 g/mol. The summed E-state index contributed by atoms with van der Waals surface area (Å²) < 4.78 is 26.6. The van der Waals surface area contributed by atoms with Gasteiger partial charge in [0.25, 0.3) is 15.9 Å². The molecule has 6 heteroatoms. The molecular weight excluding hydrogens is 318 g/mol. The lowest BCUT2D eigenvalue weighted by molar-refractivity contribution is 0.0834. The molecule has 1 aromatic rings. The zero-order chi connectivity index (χ0) is 12.9. The van der Waals surface area contributed by atoms with E-state index in [2.05, 4.69) is 15.9 Å². The number of carbonyl (C=O) groups is 1. The molecule has 96 valence electrons. The predicted molar refractivity (Wildman–Crippen MR) is 69.8 cm³/mol. The topological polar surface area (TPSA) is 54.5 Å². The van der Waals surface area contributed by atoms with E-state index in [1.165, 1.54) is 6.07 Å². The van der Waals surface area contributed by atoms with Crippen molar-refractivity contribution in [3.05, 3.63) is 28.2 Å². The monoisotopic (exact) mass is 329 g/mol. The number of rotatable bonds is 1. The maximum Gasteiger partial charge on any atom is 0.269 e. The van der Waals surface area contributed by atoms with Crippen LogP contribution in [0, 0.1) is 0 Å². The summed E-state index contributed by atoms with van der Waals surface area (Å²) in [5.41, 5.74) is 0.296. The predicted octanol–water partition coefficient (Wildman–Crippen LogP) is 2.54. The Hall–Kier alpha value is -0.880. The van der Waals surface area contributed by atoms with Gasteiger partial charge in [0.2, 0.25) is 0 Å². The van der Waals surface area contributed by atoms with Gasteiger partial charge in [-0.05, 0) is 31.0 Å². The van der Waals surface area contributed by atoms with E-state index in [-0.39, 0.29) is 16.8 Å². The van der Waals surface area contributed by atoms with Crippen LogP contribution in [0.2, 0.25) is 0 Å². The summed E-state index contributed by atoms with van der Waals surface area (Å²) in [6.07, 6.45) is 3.54. The SMILES string of the molecule is O=C1c2ccc(Br)cc2S(=O)(=O)N1C1CCCC1. The molecule has 1 aromatic carbocycles. The number of halogens is 1. The normalized spacial score (nSPS) is 22.5. The van der Waals surface area contributed by atoms with Crippen molar-refractivity contribution in [2.45, 2.75) is 36.6 Å². The third-order valence-electron chi connectivity index (χ3n) is 3.57. The van der Waals surface area contributed by atoms with Crippen LogP contribution in [0.4, 0.5) is 0 Å². The zero-order valence-corrected chi connectivity index (χ0v) is 12.0. The highest BCUT2D eigenvalue weighted by Gasteiger charge is 2.45. The molecule has 1 fully saturated rings. The van der Waals surface area contributed by atoms with Gasteiger partial charge < -0.3 is 0 Å². The first-order valence-electron chi connectivity index (χ1n) is 5.90. The first-order chi connectivity index (χ1) is 8.51. The number of amides is 1.